The van der Waals surface area contributed by atoms with Gasteiger partial charge in [-0.15, -0.1) is 0 Å². The number of hydrogen-bond donors (Lipinski definition) is 0. The summed E-state index contributed by atoms with van der Waals surface area (Å²) in [5.41, 5.74) is 5.90. The molecular formula is C22H14F2S. The Morgan fingerprint density at radius 3 is 1.76 bits per heavy atom. The fraction of sp³-hybridized carbons (Fsp3) is 0. The summed E-state index contributed by atoms with van der Waals surface area (Å²) in [6.07, 6.45) is 0. The molecule has 1 heterocycles. The Kier molecular flexibility index (Phi) is 4.16. The molecule has 0 nitrogen and oxygen atoms in total. The number of thiophene rings is 1. The highest BCUT2D eigenvalue weighted by molar-refractivity contribution is 7.08. The van der Waals surface area contributed by atoms with Gasteiger partial charge >= 0.3 is 0 Å². The van der Waals surface area contributed by atoms with E-state index >= 15 is 0 Å². The lowest BCUT2D eigenvalue weighted by Crippen LogP contribution is -1.86. The molecule has 0 saturated carbocycles. The number of rotatable bonds is 3. The van der Waals surface area contributed by atoms with Crippen LogP contribution in [0.4, 0.5) is 8.78 Å². The second kappa shape index (κ2) is 6.61. The molecule has 0 saturated heterocycles. The lowest BCUT2D eigenvalue weighted by molar-refractivity contribution is 0.584. The first-order valence-corrected chi connectivity index (χ1v) is 8.83. The van der Waals surface area contributed by atoms with Crippen molar-refractivity contribution in [3.05, 3.63) is 95.2 Å². The van der Waals surface area contributed by atoms with Crippen LogP contribution in [0.25, 0.3) is 33.4 Å². The van der Waals surface area contributed by atoms with Crippen molar-refractivity contribution in [1.29, 1.82) is 0 Å². The molecule has 0 aliphatic carbocycles. The van der Waals surface area contributed by atoms with Gasteiger partial charge in [-0.3, -0.25) is 0 Å². The van der Waals surface area contributed by atoms with Crippen LogP contribution in [0.15, 0.2) is 83.6 Å². The lowest BCUT2D eigenvalue weighted by Gasteiger charge is -2.10. The molecule has 0 aliphatic rings. The van der Waals surface area contributed by atoms with Gasteiger partial charge in [0.15, 0.2) is 0 Å². The number of hydrogen-bond acceptors (Lipinski definition) is 1. The highest BCUT2D eigenvalue weighted by Crippen LogP contribution is 2.34. The van der Waals surface area contributed by atoms with Crippen molar-refractivity contribution in [1.82, 2.24) is 0 Å². The van der Waals surface area contributed by atoms with Crippen LogP contribution < -0.4 is 0 Å². The topological polar surface area (TPSA) is 0 Å². The van der Waals surface area contributed by atoms with Crippen LogP contribution in [0.3, 0.4) is 0 Å². The van der Waals surface area contributed by atoms with Gasteiger partial charge in [0.2, 0.25) is 0 Å². The third-order valence-corrected chi connectivity index (χ3v) is 4.83. The summed E-state index contributed by atoms with van der Waals surface area (Å²) in [4.78, 5) is 0. The second-order valence-corrected chi connectivity index (χ2v) is 6.57. The number of benzene rings is 3. The molecule has 4 rings (SSSR count). The van der Waals surface area contributed by atoms with Crippen molar-refractivity contribution in [3.8, 4) is 33.4 Å². The van der Waals surface area contributed by atoms with Gasteiger partial charge in [-0.25, -0.2) is 8.78 Å². The Labute approximate surface area is 149 Å². The van der Waals surface area contributed by atoms with E-state index in [1.807, 2.05) is 36.4 Å². The van der Waals surface area contributed by atoms with Crippen LogP contribution in [-0.4, -0.2) is 0 Å². The zero-order valence-electron chi connectivity index (χ0n) is 13.2. The molecular weight excluding hydrogens is 334 g/mol. The first kappa shape index (κ1) is 15.7. The van der Waals surface area contributed by atoms with Crippen LogP contribution in [0.2, 0.25) is 0 Å². The summed E-state index contributed by atoms with van der Waals surface area (Å²) in [7, 11) is 0. The van der Waals surface area contributed by atoms with Crippen molar-refractivity contribution in [3.63, 3.8) is 0 Å². The molecule has 1 aromatic heterocycles. The molecule has 122 valence electrons. The van der Waals surface area contributed by atoms with Gasteiger partial charge in [-0.05, 0) is 62.3 Å². The molecule has 25 heavy (non-hydrogen) atoms. The molecule has 0 radical (unpaired) electrons. The first-order chi connectivity index (χ1) is 12.2. The maximum atomic E-state index is 13.4. The third kappa shape index (κ3) is 3.24. The van der Waals surface area contributed by atoms with E-state index in [1.165, 1.54) is 23.3 Å². The smallest absolute Gasteiger partial charge is 0.126 e. The fourth-order valence-electron chi connectivity index (χ4n) is 2.97. The molecule has 0 N–H and O–H groups in total. The van der Waals surface area contributed by atoms with Gasteiger partial charge in [0.05, 0.1) is 0 Å². The average molecular weight is 348 g/mol. The van der Waals surface area contributed by atoms with Crippen LogP contribution in [-0.2, 0) is 0 Å². The Bertz CT molecular complexity index is 982. The molecule has 0 fully saturated rings. The molecule has 0 unspecified atom stereocenters. The van der Waals surface area contributed by atoms with Crippen molar-refractivity contribution >= 4 is 11.3 Å². The monoisotopic (exact) mass is 348 g/mol. The van der Waals surface area contributed by atoms with E-state index in [0.29, 0.717) is 5.56 Å². The Morgan fingerprint density at radius 2 is 1.16 bits per heavy atom. The molecule has 3 heteroatoms. The van der Waals surface area contributed by atoms with E-state index < -0.39 is 11.6 Å². The van der Waals surface area contributed by atoms with Gasteiger partial charge in [0, 0.05) is 6.07 Å². The minimum Gasteiger partial charge on any atom is -0.207 e. The van der Waals surface area contributed by atoms with Crippen molar-refractivity contribution in [2.75, 3.05) is 0 Å². The predicted molar refractivity (Wildman–Crippen MR) is 101 cm³/mol. The molecule has 0 amide bonds. The largest absolute Gasteiger partial charge is 0.207 e. The quantitative estimate of drug-likeness (QED) is 0.373. The van der Waals surface area contributed by atoms with E-state index in [-0.39, 0.29) is 0 Å². The van der Waals surface area contributed by atoms with Gasteiger partial charge in [-0.2, -0.15) is 11.3 Å². The van der Waals surface area contributed by atoms with E-state index in [4.69, 9.17) is 0 Å². The normalized spacial score (nSPS) is 10.8. The summed E-state index contributed by atoms with van der Waals surface area (Å²) >= 11 is 1.67. The molecule has 0 spiro atoms. The Morgan fingerprint density at radius 1 is 0.560 bits per heavy atom. The summed E-state index contributed by atoms with van der Waals surface area (Å²) in [6, 6.07) is 21.7. The summed E-state index contributed by atoms with van der Waals surface area (Å²) in [5.74, 6) is -1.14. The Hall–Kier alpha value is -2.78. The zero-order valence-corrected chi connectivity index (χ0v) is 14.1. The van der Waals surface area contributed by atoms with Crippen molar-refractivity contribution < 1.29 is 8.78 Å². The van der Waals surface area contributed by atoms with Crippen LogP contribution in [0.5, 0.6) is 0 Å². The van der Waals surface area contributed by atoms with Crippen molar-refractivity contribution in [2.45, 2.75) is 0 Å². The third-order valence-electron chi connectivity index (χ3n) is 4.15. The minimum absolute atomic E-state index is 0.537. The highest BCUT2D eigenvalue weighted by atomic mass is 32.1. The molecule has 0 aliphatic heterocycles. The SMILES string of the molecule is Fc1cc(F)cc(-c2ccc(-c3ccccc3-c3ccsc3)cc2)c1. The molecule has 3 aromatic carbocycles. The van der Waals surface area contributed by atoms with Gasteiger partial charge in [0.1, 0.15) is 11.6 Å². The second-order valence-electron chi connectivity index (χ2n) is 5.79. The standard InChI is InChI=1S/C22H14F2S/c23-19-11-18(12-20(24)13-19)15-5-7-16(8-6-15)21-3-1-2-4-22(21)17-9-10-25-14-17/h1-14H. The van der Waals surface area contributed by atoms with E-state index in [9.17, 15) is 8.78 Å². The summed E-state index contributed by atoms with van der Waals surface area (Å²) < 4.78 is 26.9. The maximum Gasteiger partial charge on any atom is 0.126 e. The first-order valence-electron chi connectivity index (χ1n) is 7.89. The van der Waals surface area contributed by atoms with Gasteiger partial charge in [0.25, 0.3) is 0 Å². The molecule has 4 aromatic rings. The Balaban J connectivity index is 1.74. The predicted octanol–water partition coefficient (Wildman–Crippen LogP) is 7.03. The van der Waals surface area contributed by atoms with Gasteiger partial charge < -0.3 is 0 Å². The lowest BCUT2D eigenvalue weighted by atomic mass is 9.94. The van der Waals surface area contributed by atoms with Crippen LogP contribution in [0, 0.1) is 11.6 Å². The number of halogens is 2. The van der Waals surface area contributed by atoms with Crippen LogP contribution >= 0.6 is 11.3 Å². The minimum atomic E-state index is -0.568. The maximum absolute atomic E-state index is 13.4. The average Bonchev–Trinajstić information content (AvgIpc) is 3.16. The summed E-state index contributed by atoms with van der Waals surface area (Å²) in [5, 5.41) is 4.19. The summed E-state index contributed by atoms with van der Waals surface area (Å²) in [6.45, 7) is 0. The van der Waals surface area contributed by atoms with Crippen LogP contribution in [0.1, 0.15) is 0 Å². The molecule has 0 atom stereocenters. The van der Waals surface area contributed by atoms with Crippen molar-refractivity contribution in [2.24, 2.45) is 0 Å². The fourth-order valence-corrected chi connectivity index (χ4v) is 3.62. The zero-order chi connectivity index (χ0) is 17.2. The van der Waals surface area contributed by atoms with Gasteiger partial charge in [-0.1, -0.05) is 48.5 Å². The molecule has 0 bridgehead atoms. The van der Waals surface area contributed by atoms with E-state index in [0.717, 1.165) is 22.8 Å². The van der Waals surface area contributed by atoms with E-state index in [1.54, 1.807) is 11.3 Å². The van der Waals surface area contributed by atoms with E-state index in [2.05, 4.69) is 29.0 Å². The highest BCUT2D eigenvalue weighted by Gasteiger charge is 2.08.